The van der Waals surface area contributed by atoms with Gasteiger partial charge in [0, 0.05) is 18.7 Å². The zero-order valence-corrected chi connectivity index (χ0v) is 8.69. The Hall–Kier alpha value is -1.78. The van der Waals surface area contributed by atoms with E-state index in [1.54, 1.807) is 19.1 Å². The maximum absolute atomic E-state index is 10.8. The molecule has 0 N–H and O–H groups in total. The van der Waals surface area contributed by atoms with Crippen LogP contribution in [0.4, 0.5) is 11.4 Å². The van der Waals surface area contributed by atoms with E-state index in [1.165, 1.54) is 0 Å². The molecule has 1 aliphatic rings. The van der Waals surface area contributed by atoms with E-state index in [0.717, 1.165) is 18.0 Å². The summed E-state index contributed by atoms with van der Waals surface area (Å²) in [6, 6.07) is 3.30. The zero-order valence-electron chi connectivity index (χ0n) is 8.69. The Morgan fingerprint density at radius 1 is 1.53 bits per heavy atom. The van der Waals surface area contributed by atoms with Crippen LogP contribution < -0.4 is 9.64 Å². The average Bonchev–Trinajstić information content (AvgIpc) is 2.16. The molecular weight excluding hydrogens is 196 g/mol. The highest BCUT2D eigenvalue weighted by atomic mass is 16.6. The minimum absolute atomic E-state index is 0.145. The van der Waals surface area contributed by atoms with E-state index in [0.29, 0.717) is 12.2 Å². The molecule has 0 bridgehead atoms. The van der Waals surface area contributed by atoms with Gasteiger partial charge < -0.3 is 9.64 Å². The average molecular weight is 208 g/mol. The molecule has 1 aromatic rings. The molecule has 0 radical (unpaired) electrons. The molecule has 0 atom stereocenters. The van der Waals surface area contributed by atoms with Crippen LogP contribution in [0.3, 0.4) is 0 Å². The molecule has 2 rings (SSSR count). The Balaban J connectivity index is 2.55. The van der Waals surface area contributed by atoms with Crippen molar-refractivity contribution in [3.05, 3.63) is 27.8 Å². The van der Waals surface area contributed by atoms with Crippen molar-refractivity contribution in [3.63, 3.8) is 0 Å². The molecule has 15 heavy (non-hydrogen) atoms. The number of likely N-dealkylation sites (N-methyl/N-ethyl adjacent to an activating group) is 1. The van der Waals surface area contributed by atoms with Gasteiger partial charge in [-0.05, 0) is 13.0 Å². The smallest absolute Gasteiger partial charge is 0.274 e. The second kappa shape index (κ2) is 3.42. The van der Waals surface area contributed by atoms with Crippen LogP contribution >= 0.6 is 0 Å². The summed E-state index contributed by atoms with van der Waals surface area (Å²) in [5, 5.41) is 10.8. The van der Waals surface area contributed by atoms with E-state index in [4.69, 9.17) is 4.74 Å². The molecule has 0 saturated heterocycles. The van der Waals surface area contributed by atoms with E-state index >= 15 is 0 Å². The molecule has 80 valence electrons. The molecule has 1 heterocycles. The van der Waals surface area contributed by atoms with Crippen molar-refractivity contribution in [2.75, 3.05) is 25.1 Å². The van der Waals surface area contributed by atoms with Crippen LogP contribution in [0, 0.1) is 17.0 Å². The van der Waals surface area contributed by atoms with Crippen LogP contribution in [-0.4, -0.2) is 25.1 Å². The SMILES string of the molecule is Cc1cc2c(cc1[N+](=O)[O-])N(C)CCO2. The van der Waals surface area contributed by atoms with E-state index in [1.807, 2.05) is 11.9 Å². The first-order valence-corrected chi connectivity index (χ1v) is 4.72. The summed E-state index contributed by atoms with van der Waals surface area (Å²) < 4.78 is 5.45. The third kappa shape index (κ3) is 1.60. The van der Waals surface area contributed by atoms with Crippen molar-refractivity contribution in [1.29, 1.82) is 0 Å². The summed E-state index contributed by atoms with van der Waals surface area (Å²) >= 11 is 0. The molecule has 0 amide bonds. The minimum Gasteiger partial charge on any atom is -0.490 e. The van der Waals surface area contributed by atoms with Crippen LogP contribution in [0.25, 0.3) is 0 Å². The number of nitro groups is 1. The number of hydrogen-bond donors (Lipinski definition) is 0. The number of anilines is 1. The molecule has 0 saturated carbocycles. The Kier molecular flexibility index (Phi) is 2.22. The minimum atomic E-state index is -0.363. The van der Waals surface area contributed by atoms with Gasteiger partial charge >= 0.3 is 0 Å². The number of ether oxygens (including phenoxy) is 1. The maximum Gasteiger partial charge on any atom is 0.274 e. The molecule has 0 aliphatic carbocycles. The summed E-state index contributed by atoms with van der Waals surface area (Å²) in [6.07, 6.45) is 0. The van der Waals surface area contributed by atoms with Gasteiger partial charge in [0.05, 0.1) is 17.2 Å². The van der Waals surface area contributed by atoms with Gasteiger partial charge in [-0.2, -0.15) is 0 Å². The normalized spacial score (nSPS) is 14.4. The second-order valence-corrected chi connectivity index (χ2v) is 3.63. The molecular formula is C10H12N2O3. The van der Waals surface area contributed by atoms with Gasteiger partial charge in [0.25, 0.3) is 5.69 Å². The van der Waals surface area contributed by atoms with Gasteiger partial charge in [-0.15, -0.1) is 0 Å². The summed E-state index contributed by atoms with van der Waals surface area (Å²) in [6.45, 7) is 3.10. The first kappa shape index (κ1) is 9.76. The van der Waals surface area contributed by atoms with Crippen LogP contribution in [0.1, 0.15) is 5.56 Å². The van der Waals surface area contributed by atoms with Crippen molar-refractivity contribution < 1.29 is 9.66 Å². The number of rotatable bonds is 1. The lowest BCUT2D eigenvalue weighted by atomic mass is 10.1. The quantitative estimate of drug-likeness (QED) is 0.521. The first-order valence-electron chi connectivity index (χ1n) is 4.72. The fourth-order valence-corrected chi connectivity index (χ4v) is 1.68. The topological polar surface area (TPSA) is 55.6 Å². The van der Waals surface area contributed by atoms with Crippen LogP contribution in [0.15, 0.2) is 12.1 Å². The van der Waals surface area contributed by atoms with Crippen molar-refractivity contribution in [2.24, 2.45) is 0 Å². The Labute approximate surface area is 87.4 Å². The Bertz CT molecular complexity index is 417. The number of benzene rings is 1. The van der Waals surface area contributed by atoms with E-state index in [2.05, 4.69) is 0 Å². The third-order valence-corrected chi connectivity index (χ3v) is 2.57. The Morgan fingerprint density at radius 3 is 2.93 bits per heavy atom. The highest BCUT2D eigenvalue weighted by Crippen LogP contribution is 2.36. The number of aryl methyl sites for hydroxylation is 1. The molecule has 5 nitrogen and oxygen atoms in total. The summed E-state index contributed by atoms with van der Waals surface area (Å²) in [7, 11) is 1.90. The number of hydrogen-bond acceptors (Lipinski definition) is 4. The lowest BCUT2D eigenvalue weighted by Gasteiger charge is -2.27. The van der Waals surface area contributed by atoms with Crippen LogP contribution in [0.5, 0.6) is 5.75 Å². The van der Waals surface area contributed by atoms with Gasteiger partial charge in [-0.1, -0.05) is 0 Å². The van der Waals surface area contributed by atoms with Gasteiger partial charge in [0.15, 0.2) is 0 Å². The number of nitrogens with zero attached hydrogens (tertiary/aromatic N) is 2. The lowest BCUT2D eigenvalue weighted by molar-refractivity contribution is -0.385. The van der Waals surface area contributed by atoms with Crippen molar-refractivity contribution in [3.8, 4) is 5.75 Å². The van der Waals surface area contributed by atoms with Crippen LogP contribution in [0.2, 0.25) is 0 Å². The fraction of sp³-hybridized carbons (Fsp3) is 0.400. The van der Waals surface area contributed by atoms with E-state index in [-0.39, 0.29) is 10.6 Å². The fourth-order valence-electron chi connectivity index (χ4n) is 1.68. The molecule has 0 fully saturated rings. The molecule has 0 aromatic heterocycles. The standard InChI is InChI=1S/C10H12N2O3/c1-7-5-10-9(6-8(7)12(13)14)11(2)3-4-15-10/h5-6H,3-4H2,1-2H3. The first-order chi connectivity index (χ1) is 7.09. The van der Waals surface area contributed by atoms with Gasteiger partial charge in [-0.3, -0.25) is 10.1 Å². The second-order valence-electron chi connectivity index (χ2n) is 3.63. The molecule has 1 aromatic carbocycles. The molecule has 5 heteroatoms. The predicted octanol–water partition coefficient (Wildman–Crippen LogP) is 1.73. The monoisotopic (exact) mass is 208 g/mol. The van der Waals surface area contributed by atoms with E-state index < -0.39 is 0 Å². The highest BCUT2D eigenvalue weighted by Gasteiger charge is 2.21. The Morgan fingerprint density at radius 2 is 2.27 bits per heavy atom. The van der Waals surface area contributed by atoms with Crippen molar-refractivity contribution in [2.45, 2.75) is 6.92 Å². The molecule has 0 spiro atoms. The molecule has 1 aliphatic heterocycles. The predicted molar refractivity (Wildman–Crippen MR) is 56.6 cm³/mol. The zero-order chi connectivity index (χ0) is 11.0. The van der Waals surface area contributed by atoms with Gasteiger partial charge in [0.2, 0.25) is 0 Å². The highest BCUT2D eigenvalue weighted by molar-refractivity contribution is 5.66. The third-order valence-electron chi connectivity index (χ3n) is 2.57. The van der Waals surface area contributed by atoms with Crippen molar-refractivity contribution in [1.82, 2.24) is 0 Å². The van der Waals surface area contributed by atoms with Gasteiger partial charge in [0.1, 0.15) is 12.4 Å². The maximum atomic E-state index is 10.8. The summed E-state index contributed by atoms with van der Waals surface area (Å²) in [5.41, 5.74) is 1.57. The van der Waals surface area contributed by atoms with Crippen molar-refractivity contribution >= 4 is 11.4 Å². The number of nitro benzene ring substituents is 1. The summed E-state index contributed by atoms with van der Waals surface area (Å²) in [4.78, 5) is 12.4. The lowest BCUT2D eigenvalue weighted by Crippen LogP contribution is -2.28. The summed E-state index contributed by atoms with van der Waals surface area (Å²) in [5.74, 6) is 0.729. The van der Waals surface area contributed by atoms with E-state index in [9.17, 15) is 10.1 Å². The van der Waals surface area contributed by atoms with Gasteiger partial charge in [-0.25, -0.2) is 0 Å². The van der Waals surface area contributed by atoms with Crippen LogP contribution in [-0.2, 0) is 0 Å². The number of fused-ring (bicyclic) bond motifs is 1. The molecule has 0 unspecified atom stereocenters. The largest absolute Gasteiger partial charge is 0.490 e.